The summed E-state index contributed by atoms with van der Waals surface area (Å²) in [7, 11) is 4.06. The molecule has 4 heteroatoms. The molecule has 1 rings (SSSR count). The lowest BCUT2D eigenvalue weighted by atomic mass is 10.1. The molecule has 0 heterocycles. The number of carbonyl (C=O) groups is 1. The van der Waals surface area contributed by atoms with Gasteiger partial charge in [0, 0.05) is 13.1 Å². The van der Waals surface area contributed by atoms with Crippen molar-refractivity contribution >= 4 is 5.91 Å². The number of carbonyl (C=O) groups excluding carboxylic acids is 1. The number of hydrogen-bond donors (Lipinski definition) is 1. The van der Waals surface area contributed by atoms with Gasteiger partial charge >= 0.3 is 0 Å². The van der Waals surface area contributed by atoms with Gasteiger partial charge in [-0.15, -0.1) is 0 Å². The minimum atomic E-state index is -0.0743. The van der Waals surface area contributed by atoms with E-state index in [1.54, 1.807) is 0 Å². The Balaban J connectivity index is 2.32. The van der Waals surface area contributed by atoms with E-state index in [1.165, 1.54) is 0 Å². The van der Waals surface area contributed by atoms with Crippen molar-refractivity contribution in [2.45, 2.75) is 20.8 Å². The molecule has 112 valence electrons. The van der Waals surface area contributed by atoms with Crippen LogP contribution in [0.2, 0.25) is 0 Å². The Bertz CT molecular complexity index is 424. The standard InChI is InChI=1S/C16H26N2O2/c1-12-6-13(2)8-15(7-12)20-11-16(19)17-9-14(3)10-18(4)5/h6-8,14H,9-11H2,1-5H3,(H,17,19)/t14-/m0/s1. The van der Waals surface area contributed by atoms with E-state index in [1.807, 2.05) is 40.1 Å². The molecule has 0 unspecified atom stereocenters. The smallest absolute Gasteiger partial charge is 0.257 e. The van der Waals surface area contributed by atoms with Crippen molar-refractivity contribution in [1.82, 2.24) is 10.2 Å². The molecule has 0 radical (unpaired) electrons. The van der Waals surface area contributed by atoms with Crippen LogP contribution in [0.4, 0.5) is 0 Å². The summed E-state index contributed by atoms with van der Waals surface area (Å²) in [5.74, 6) is 1.10. The zero-order valence-electron chi connectivity index (χ0n) is 13.2. The number of amides is 1. The van der Waals surface area contributed by atoms with Gasteiger partial charge in [-0.1, -0.05) is 13.0 Å². The van der Waals surface area contributed by atoms with Crippen molar-refractivity contribution in [2.24, 2.45) is 5.92 Å². The average molecular weight is 278 g/mol. The van der Waals surface area contributed by atoms with Crippen molar-refractivity contribution < 1.29 is 9.53 Å². The van der Waals surface area contributed by atoms with E-state index < -0.39 is 0 Å². The van der Waals surface area contributed by atoms with E-state index in [-0.39, 0.29) is 12.5 Å². The predicted octanol–water partition coefficient (Wildman–Crippen LogP) is 2.00. The maximum absolute atomic E-state index is 11.7. The summed E-state index contributed by atoms with van der Waals surface area (Å²) in [6.45, 7) is 7.85. The summed E-state index contributed by atoms with van der Waals surface area (Å²) in [6.07, 6.45) is 0. The summed E-state index contributed by atoms with van der Waals surface area (Å²) >= 11 is 0. The predicted molar refractivity (Wildman–Crippen MR) is 82.1 cm³/mol. The highest BCUT2D eigenvalue weighted by molar-refractivity contribution is 5.77. The normalized spacial score (nSPS) is 12.3. The van der Waals surface area contributed by atoms with Crippen LogP contribution in [-0.4, -0.2) is 44.6 Å². The molecule has 0 bridgehead atoms. The van der Waals surface area contributed by atoms with Gasteiger partial charge in [0.2, 0.25) is 0 Å². The first-order chi connectivity index (χ1) is 9.36. The summed E-state index contributed by atoms with van der Waals surface area (Å²) in [5.41, 5.74) is 2.28. The molecular weight excluding hydrogens is 252 g/mol. The summed E-state index contributed by atoms with van der Waals surface area (Å²) in [6, 6.07) is 5.96. The van der Waals surface area contributed by atoms with Crippen LogP contribution in [0, 0.1) is 19.8 Å². The van der Waals surface area contributed by atoms with Crippen molar-refractivity contribution in [2.75, 3.05) is 33.8 Å². The Morgan fingerprint density at radius 3 is 2.40 bits per heavy atom. The van der Waals surface area contributed by atoms with Crippen molar-refractivity contribution in [3.63, 3.8) is 0 Å². The number of nitrogens with one attached hydrogen (secondary N) is 1. The molecule has 0 aliphatic carbocycles. The lowest BCUT2D eigenvalue weighted by molar-refractivity contribution is -0.123. The Kier molecular flexibility index (Phi) is 6.52. The third kappa shape index (κ3) is 6.57. The zero-order valence-corrected chi connectivity index (χ0v) is 13.2. The fraction of sp³-hybridized carbons (Fsp3) is 0.562. The fourth-order valence-corrected chi connectivity index (χ4v) is 2.19. The van der Waals surface area contributed by atoms with Gasteiger partial charge in [-0.3, -0.25) is 4.79 Å². The second kappa shape index (κ2) is 7.90. The summed E-state index contributed by atoms with van der Waals surface area (Å²) in [5, 5.41) is 2.90. The van der Waals surface area contributed by atoms with E-state index in [2.05, 4.69) is 23.2 Å². The van der Waals surface area contributed by atoms with Crippen LogP contribution in [0.15, 0.2) is 18.2 Å². The quantitative estimate of drug-likeness (QED) is 0.829. The number of ether oxygens (including phenoxy) is 1. The van der Waals surface area contributed by atoms with Gasteiger partial charge in [-0.25, -0.2) is 0 Å². The van der Waals surface area contributed by atoms with Gasteiger partial charge < -0.3 is 15.0 Å². The minimum absolute atomic E-state index is 0.0670. The third-order valence-electron chi connectivity index (χ3n) is 2.89. The molecule has 0 spiro atoms. The average Bonchev–Trinajstić information content (AvgIpc) is 2.32. The van der Waals surface area contributed by atoms with E-state index >= 15 is 0 Å². The first-order valence-electron chi connectivity index (χ1n) is 6.99. The molecule has 1 atom stereocenters. The van der Waals surface area contributed by atoms with E-state index in [0.717, 1.165) is 23.4 Å². The van der Waals surface area contributed by atoms with Gasteiger partial charge in [-0.2, -0.15) is 0 Å². The van der Waals surface area contributed by atoms with E-state index in [9.17, 15) is 4.79 Å². The second-order valence-corrected chi connectivity index (χ2v) is 5.78. The molecule has 1 amide bonds. The minimum Gasteiger partial charge on any atom is -0.484 e. The van der Waals surface area contributed by atoms with E-state index in [0.29, 0.717) is 12.5 Å². The van der Waals surface area contributed by atoms with Crippen molar-refractivity contribution in [1.29, 1.82) is 0 Å². The molecule has 0 saturated carbocycles. The van der Waals surface area contributed by atoms with Crippen LogP contribution in [0.1, 0.15) is 18.1 Å². The maximum Gasteiger partial charge on any atom is 0.257 e. The van der Waals surface area contributed by atoms with Gasteiger partial charge in [0.25, 0.3) is 5.91 Å². The highest BCUT2D eigenvalue weighted by atomic mass is 16.5. The summed E-state index contributed by atoms with van der Waals surface area (Å²) in [4.78, 5) is 13.8. The SMILES string of the molecule is Cc1cc(C)cc(OCC(=O)NC[C@H](C)CN(C)C)c1. The molecule has 0 aliphatic heterocycles. The Morgan fingerprint density at radius 2 is 1.85 bits per heavy atom. The van der Waals surface area contributed by atoms with Gasteiger partial charge in [0.1, 0.15) is 5.75 Å². The highest BCUT2D eigenvalue weighted by Gasteiger charge is 2.07. The monoisotopic (exact) mass is 278 g/mol. The number of aryl methyl sites for hydroxylation is 2. The van der Waals surface area contributed by atoms with Gasteiger partial charge in [0.05, 0.1) is 0 Å². The van der Waals surface area contributed by atoms with Crippen LogP contribution < -0.4 is 10.1 Å². The Labute approximate surface area is 122 Å². The van der Waals surface area contributed by atoms with E-state index in [4.69, 9.17) is 4.74 Å². The first-order valence-corrected chi connectivity index (χ1v) is 6.99. The Morgan fingerprint density at radius 1 is 1.25 bits per heavy atom. The third-order valence-corrected chi connectivity index (χ3v) is 2.89. The topological polar surface area (TPSA) is 41.6 Å². The number of nitrogens with zero attached hydrogens (tertiary/aromatic N) is 1. The van der Waals surface area contributed by atoms with Crippen LogP contribution in [0.5, 0.6) is 5.75 Å². The van der Waals surface area contributed by atoms with Crippen LogP contribution in [-0.2, 0) is 4.79 Å². The molecule has 0 aliphatic rings. The van der Waals surface area contributed by atoms with Gasteiger partial charge in [-0.05, 0) is 57.1 Å². The highest BCUT2D eigenvalue weighted by Crippen LogP contribution is 2.15. The van der Waals surface area contributed by atoms with Crippen LogP contribution >= 0.6 is 0 Å². The number of rotatable bonds is 7. The fourth-order valence-electron chi connectivity index (χ4n) is 2.19. The second-order valence-electron chi connectivity index (χ2n) is 5.78. The maximum atomic E-state index is 11.7. The van der Waals surface area contributed by atoms with Crippen LogP contribution in [0.3, 0.4) is 0 Å². The molecule has 0 saturated heterocycles. The molecule has 0 fully saturated rings. The molecule has 20 heavy (non-hydrogen) atoms. The number of hydrogen-bond acceptors (Lipinski definition) is 3. The zero-order chi connectivity index (χ0) is 15.1. The molecule has 4 nitrogen and oxygen atoms in total. The molecule has 1 N–H and O–H groups in total. The van der Waals surface area contributed by atoms with Gasteiger partial charge in [0.15, 0.2) is 6.61 Å². The lowest BCUT2D eigenvalue weighted by Crippen LogP contribution is -2.35. The first kappa shape index (κ1) is 16.5. The summed E-state index contributed by atoms with van der Waals surface area (Å²) < 4.78 is 5.52. The van der Waals surface area contributed by atoms with Crippen LogP contribution in [0.25, 0.3) is 0 Å². The molecule has 1 aromatic rings. The lowest BCUT2D eigenvalue weighted by Gasteiger charge is -2.17. The molecule has 0 aromatic heterocycles. The number of benzene rings is 1. The largest absolute Gasteiger partial charge is 0.484 e. The Hall–Kier alpha value is -1.55. The van der Waals surface area contributed by atoms with Crippen molar-refractivity contribution in [3.05, 3.63) is 29.3 Å². The molecule has 1 aromatic carbocycles. The molecular formula is C16H26N2O2. The van der Waals surface area contributed by atoms with Crippen molar-refractivity contribution in [3.8, 4) is 5.75 Å².